The Morgan fingerprint density at radius 3 is 2.35 bits per heavy atom. The molecule has 0 aliphatic rings. The van der Waals surface area contributed by atoms with Gasteiger partial charge in [0.1, 0.15) is 0 Å². The van der Waals surface area contributed by atoms with Gasteiger partial charge in [-0.25, -0.2) is 0 Å². The van der Waals surface area contributed by atoms with Gasteiger partial charge in [0.25, 0.3) is 0 Å². The SMILES string of the molecule is O=C([O-])CCC(=O)OCCc1ccccc1.[Li+]. The van der Waals surface area contributed by atoms with Crippen molar-refractivity contribution >= 4 is 11.9 Å². The number of esters is 1. The molecular weight excluding hydrogens is 215 g/mol. The van der Waals surface area contributed by atoms with E-state index in [1.54, 1.807) is 0 Å². The van der Waals surface area contributed by atoms with Gasteiger partial charge in [0.15, 0.2) is 0 Å². The Balaban J connectivity index is 0.00000256. The summed E-state index contributed by atoms with van der Waals surface area (Å²) >= 11 is 0. The first-order chi connectivity index (χ1) is 7.68. The summed E-state index contributed by atoms with van der Waals surface area (Å²) in [7, 11) is 0. The van der Waals surface area contributed by atoms with E-state index in [0.717, 1.165) is 5.56 Å². The molecule has 0 heterocycles. The molecule has 4 nitrogen and oxygen atoms in total. The van der Waals surface area contributed by atoms with E-state index >= 15 is 0 Å². The van der Waals surface area contributed by atoms with E-state index in [-0.39, 0.29) is 38.3 Å². The van der Waals surface area contributed by atoms with Crippen LogP contribution in [0.25, 0.3) is 0 Å². The minimum absolute atomic E-state index is 0. The first-order valence-corrected chi connectivity index (χ1v) is 5.08. The van der Waals surface area contributed by atoms with Crippen LogP contribution in [0.15, 0.2) is 30.3 Å². The molecule has 5 heteroatoms. The molecule has 1 aromatic carbocycles. The van der Waals surface area contributed by atoms with E-state index in [4.69, 9.17) is 4.74 Å². The van der Waals surface area contributed by atoms with Crippen LogP contribution in [0.1, 0.15) is 18.4 Å². The zero-order valence-electron chi connectivity index (χ0n) is 9.85. The fraction of sp³-hybridized carbons (Fsp3) is 0.333. The molecule has 0 spiro atoms. The summed E-state index contributed by atoms with van der Waals surface area (Å²) in [6.07, 6.45) is 0.221. The zero-order valence-corrected chi connectivity index (χ0v) is 9.85. The number of benzene rings is 1. The predicted octanol–water partition coefficient (Wildman–Crippen LogP) is -2.69. The second kappa shape index (κ2) is 8.86. The maximum atomic E-state index is 11.0. The molecule has 1 rings (SSSR count). The van der Waals surface area contributed by atoms with E-state index in [1.165, 1.54) is 0 Å². The number of hydrogen-bond donors (Lipinski definition) is 0. The predicted molar refractivity (Wildman–Crippen MR) is 55.3 cm³/mol. The number of carbonyl (C=O) groups is 2. The number of carboxylic acid groups (broad SMARTS) is 1. The fourth-order valence-corrected chi connectivity index (χ4v) is 1.20. The summed E-state index contributed by atoms with van der Waals surface area (Å²) in [5.41, 5.74) is 1.08. The normalized spacial score (nSPS) is 9.18. The molecule has 0 aliphatic heterocycles. The molecule has 0 N–H and O–H groups in total. The Morgan fingerprint density at radius 2 is 1.76 bits per heavy atom. The van der Waals surface area contributed by atoms with Crippen LogP contribution in [-0.2, 0) is 20.7 Å². The minimum Gasteiger partial charge on any atom is -0.550 e. The van der Waals surface area contributed by atoms with Crippen molar-refractivity contribution in [1.82, 2.24) is 0 Å². The van der Waals surface area contributed by atoms with Crippen molar-refractivity contribution < 1.29 is 38.3 Å². The second-order valence-electron chi connectivity index (χ2n) is 3.33. The number of carbonyl (C=O) groups excluding carboxylic acids is 2. The molecular formula is C12H13LiO4. The maximum absolute atomic E-state index is 11.0. The summed E-state index contributed by atoms with van der Waals surface area (Å²) in [6, 6.07) is 9.61. The average molecular weight is 228 g/mol. The van der Waals surface area contributed by atoms with Crippen molar-refractivity contribution in [3.05, 3.63) is 35.9 Å². The van der Waals surface area contributed by atoms with Crippen LogP contribution < -0.4 is 24.0 Å². The van der Waals surface area contributed by atoms with Crippen LogP contribution in [0.2, 0.25) is 0 Å². The van der Waals surface area contributed by atoms with Crippen molar-refractivity contribution in [1.29, 1.82) is 0 Å². The molecule has 86 valence electrons. The van der Waals surface area contributed by atoms with Crippen LogP contribution >= 0.6 is 0 Å². The third-order valence-electron chi connectivity index (χ3n) is 2.03. The summed E-state index contributed by atoms with van der Waals surface area (Å²) < 4.78 is 4.87. The van der Waals surface area contributed by atoms with Crippen LogP contribution in [0.3, 0.4) is 0 Å². The van der Waals surface area contributed by atoms with Gasteiger partial charge >= 0.3 is 24.8 Å². The topological polar surface area (TPSA) is 66.4 Å². The monoisotopic (exact) mass is 228 g/mol. The zero-order chi connectivity index (χ0) is 11.8. The Labute approximate surface area is 112 Å². The molecule has 0 radical (unpaired) electrons. The van der Waals surface area contributed by atoms with Crippen molar-refractivity contribution in [2.24, 2.45) is 0 Å². The molecule has 0 aliphatic carbocycles. The number of aliphatic carboxylic acids is 1. The van der Waals surface area contributed by atoms with E-state index in [1.807, 2.05) is 30.3 Å². The largest absolute Gasteiger partial charge is 1.00 e. The van der Waals surface area contributed by atoms with Crippen molar-refractivity contribution in [3.63, 3.8) is 0 Å². The van der Waals surface area contributed by atoms with Crippen molar-refractivity contribution in [2.75, 3.05) is 6.61 Å². The molecule has 0 saturated heterocycles. The molecule has 0 saturated carbocycles. The maximum Gasteiger partial charge on any atom is 1.00 e. The van der Waals surface area contributed by atoms with Crippen LogP contribution in [-0.4, -0.2) is 18.5 Å². The van der Waals surface area contributed by atoms with E-state index < -0.39 is 11.9 Å². The molecule has 0 atom stereocenters. The Morgan fingerprint density at radius 1 is 1.12 bits per heavy atom. The van der Waals surface area contributed by atoms with Crippen molar-refractivity contribution in [3.8, 4) is 0 Å². The molecule has 0 bridgehead atoms. The van der Waals surface area contributed by atoms with E-state index in [0.29, 0.717) is 6.42 Å². The molecule has 17 heavy (non-hydrogen) atoms. The van der Waals surface area contributed by atoms with Crippen LogP contribution in [0.4, 0.5) is 0 Å². The van der Waals surface area contributed by atoms with E-state index in [9.17, 15) is 14.7 Å². The standard InChI is InChI=1S/C12H14O4.Li/c13-11(14)6-7-12(15)16-9-8-10-4-2-1-3-5-10;/h1-5H,6-9H2,(H,13,14);/q;+1/p-1. The first kappa shape index (κ1) is 15.8. The summed E-state index contributed by atoms with van der Waals surface area (Å²) in [6.45, 7) is 0.274. The Hall–Kier alpha value is -1.24. The second-order valence-corrected chi connectivity index (χ2v) is 3.33. The van der Waals surface area contributed by atoms with Gasteiger partial charge in [0.05, 0.1) is 13.0 Å². The third-order valence-corrected chi connectivity index (χ3v) is 2.03. The van der Waals surface area contributed by atoms with Gasteiger partial charge in [-0.1, -0.05) is 30.3 Å². The molecule has 0 unspecified atom stereocenters. The van der Waals surface area contributed by atoms with Gasteiger partial charge in [-0.2, -0.15) is 0 Å². The Kier molecular flexibility index (Phi) is 8.21. The van der Waals surface area contributed by atoms with Gasteiger partial charge < -0.3 is 14.6 Å². The molecule has 0 amide bonds. The number of hydrogen-bond acceptors (Lipinski definition) is 4. The van der Waals surface area contributed by atoms with Gasteiger partial charge in [-0.3, -0.25) is 4.79 Å². The van der Waals surface area contributed by atoms with Gasteiger partial charge in [-0.05, 0) is 12.0 Å². The van der Waals surface area contributed by atoms with Crippen LogP contribution in [0, 0.1) is 0 Å². The quantitative estimate of drug-likeness (QED) is 0.393. The van der Waals surface area contributed by atoms with Crippen molar-refractivity contribution in [2.45, 2.75) is 19.3 Å². The summed E-state index contributed by atoms with van der Waals surface area (Å²) in [4.78, 5) is 21.1. The smallest absolute Gasteiger partial charge is 0.550 e. The number of rotatable bonds is 6. The van der Waals surface area contributed by atoms with Gasteiger partial charge in [-0.15, -0.1) is 0 Å². The molecule has 1 aromatic rings. The average Bonchev–Trinajstić information content (AvgIpc) is 2.28. The van der Waals surface area contributed by atoms with Gasteiger partial charge in [0, 0.05) is 12.4 Å². The summed E-state index contributed by atoms with van der Waals surface area (Å²) in [5.74, 6) is -1.74. The third kappa shape index (κ3) is 7.62. The fourth-order valence-electron chi connectivity index (χ4n) is 1.20. The summed E-state index contributed by atoms with van der Waals surface area (Å²) in [5, 5.41) is 10.1. The van der Waals surface area contributed by atoms with Gasteiger partial charge in [0.2, 0.25) is 0 Å². The minimum atomic E-state index is -1.24. The first-order valence-electron chi connectivity index (χ1n) is 5.08. The Bertz CT molecular complexity index is 351. The van der Waals surface area contributed by atoms with E-state index in [2.05, 4.69) is 0 Å². The number of carboxylic acids is 1. The number of ether oxygens (including phenoxy) is 1. The molecule has 0 aromatic heterocycles. The molecule has 0 fully saturated rings. The van der Waals surface area contributed by atoms with Crippen LogP contribution in [0.5, 0.6) is 0 Å².